The summed E-state index contributed by atoms with van der Waals surface area (Å²) in [5, 5.41) is 0.731. The number of hydrogen-bond acceptors (Lipinski definition) is 3. The number of halogens is 1. The molecule has 0 spiro atoms. The number of nitrogens with zero attached hydrogens (tertiary/aromatic N) is 2. The summed E-state index contributed by atoms with van der Waals surface area (Å²) in [5.41, 5.74) is 1.12. The topological polar surface area (TPSA) is 33.2 Å². The van der Waals surface area contributed by atoms with Crippen LogP contribution in [-0.4, -0.2) is 28.3 Å². The Morgan fingerprint density at radius 3 is 2.95 bits per heavy atom. The first-order valence-corrected chi connectivity index (χ1v) is 7.98. The van der Waals surface area contributed by atoms with Crippen molar-refractivity contribution < 1.29 is 4.79 Å². The average molecular weight is 293 g/mol. The molecule has 20 heavy (non-hydrogen) atoms. The Morgan fingerprint density at radius 2 is 2.20 bits per heavy atom. The van der Waals surface area contributed by atoms with Crippen LogP contribution in [0.2, 0.25) is 5.02 Å². The van der Waals surface area contributed by atoms with E-state index in [1.807, 2.05) is 6.07 Å². The van der Waals surface area contributed by atoms with Crippen LogP contribution in [0.15, 0.2) is 18.5 Å². The number of aromatic nitrogens is 1. The second kappa shape index (κ2) is 6.23. The Balaban J connectivity index is 1.75. The molecule has 0 N–H and O–H groups in total. The zero-order valence-corrected chi connectivity index (χ0v) is 12.5. The van der Waals surface area contributed by atoms with Crippen LogP contribution >= 0.6 is 11.6 Å². The predicted octanol–water partition coefficient (Wildman–Crippen LogP) is 3.46. The molecule has 0 radical (unpaired) electrons. The van der Waals surface area contributed by atoms with Gasteiger partial charge in [-0.05, 0) is 43.9 Å². The van der Waals surface area contributed by atoms with Crippen molar-refractivity contribution in [2.45, 2.75) is 51.1 Å². The number of ketones is 1. The van der Waals surface area contributed by atoms with Gasteiger partial charge in [-0.3, -0.25) is 14.7 Å². The number of Topliss-reactive ketones (excluding diaryl/α,β-unsaturated/α-hetero) is 1. The largest absolute Gasteiger partial charge is 0.299 e. The van der Waals surface area contributed by atoms with E-state index < -0.39 is 0 Å². The molecule has 2 atom stereocenters. The molecule has 1 saturated heterocycles. The number of rotatable bonds is 3. The lowest BCUT2D eigenvalue weighted by Crippen LogP contribution is -2.44. The van der Waals surface area contributed by atoms with Crippen LogP contribution < -0.4 is 0 Å². The standard InChI is InChI=1S/C16H21ClN2O/c17-14-10-18-8-7-12(14)11-19-9-2-1-5-15(19)13-4-3-6-16(13)20/h7-8,10,13,15H,1-6,9,11H2. The van der Waals surface area contributed by atoms with Crippen LogP contribution in [-0.2, 0) is 11.3 Å². The highest BCUT2D eigenvalue weighted by Crippen LogP contribution is 2.33. The van der Waals surface area contributed by atoms with Gasteiger partial charge in [-0.25, -0.2) is 0 Å². The molecule has 0 amide bonds. The zero-order valence-electron chi connectivity index (χ0n) is 11.7. The highest BCUT2D eigenvalue weighted by Gasteiger charge is 2.36. The maximum Gasteiger partial charge on any atom is 0.137 e. The van der Waals surface area contributed by atoms with Crippen LogP contribution in [0, 0.1) is 5.92 Å². The van der Waals surface area contributed by atoms with Gasteiger partial charge >= 0.3 is 0 Å². The number of hydrogen-bond donors (Lipinski definition) is 0. The van der Waals surface area contributed by atoms with Crippen LogP contribution in [0.25, 0.3) is 0 Å². The smallest absolute Gasteiger partial charge is 0.137 e. The number of likely N-dealkylation sites (tertiary alicyclic amines) is 1. The fourth-order valence-electron chi connectivity index (χ4n) is 3.67. The van der Waals surface area contributed by atoms with Crippen LogP contribution in [0.5, 0.6) is 0 Å². The van der Waals surface area contributed by atoms with Crippen LogP contribution in [0.1, 0.15) is 44.1 Å². The monoisotopic (exact) mass is 292 g/mol. The van der Waals surface area contributed by atoms with Crippen molar-refractivity contribution in [3.8, 4) is 0 Å². The molecule has 1 saturated carbocycles. The molecular weight excluding hydrogens is 272 g/mol. The molecule has 1 aromatic heterocycles. The number of carbonyl (C=O) groups is 1. The lowest BCUT2D eigenvalue weighted by molar-refractivity contribution is -0.123. The Bertz CT molecular complexity index is 491. The van der Waals surface area contributed by atoms with Crippen molar-refractivity contribution in [2.24, 2.45) is 5.92 Å². The van der Waals surface area contributed by atoms with Gasteiger partial charge in [0.05, 0.1) is 5.02 Å². The molecule has 4 heteroatoms. The van der Waals surface area contributed by atoms with E-state index in [1.165, 1.54) is 12.8 Å². The fraction of sp³-hybridized carbons (Fsp3) is 0.625. The molecule has 2 aliphatic rings. The summed E-state index contributed by atoms with van der Waals surface area (Å²) in [6.45, 7) is 1.92. The number of carbonyl (C=O) groups excluding carboxylic acids is 1. The molecular formula is C16H21ClN2O. The summed E-state index contributed by atoms with van der Waals surface area (Å²) in [7, 11) is 0. The molecule has 3 nitrogen and oxygen atoms in total. The molecule has 1 aliphatic heterocycles. The van der Waals surface area contributed by atoms with Crippen molar-refractivity contribution in [2.75, 3.05) is 6.54 Å². The number of piperidine rings is 1. The highest BCUT2D eigenvalue weighted by molar-refractivity contribution is 6.31. The highest BCUT2D eigenvalue weighted by atomic mass is 35.5. The predicted molar refractivity (Wildman–Crippen MR) is 79.6 cm³/mol. The minimum absolute atomic E-state index is 0.260. The van der Waals surface area contributed by atoms with E-state index in [9.17, 15) is 4.79 Å². The van der Waals surface area contributed by atoms with Crippen molar-refractivity contribution in [3.05, 3.63) is 29.0 Å². The molecule has 2 unspecified atom stereocenters. The first-order chi connectivity index (χ1) is 9.75. The second-order valence-corrected chi connectivity index (χ2v) is 6.37. The molecule has 0 aromatic carbocycles. The van der Waals surface area contributed by atoms with Gasteiger partial charge in [0.25, 0.3) is 0 Å². The summed E-state index contributed by atoms with van der Waals surface area (Å²) >= 11 is 6.22. The van der Waals surface area contributed by atoms with Gasteiger partial charge in [0.2, 0.25) is 0 Å². The second-order valence-electron chi connectivity index (χ2n) is 5.97. The summed E-state index contributed by atoms with van der Waals surface area (Å²) in [6, 6.07) is 2.41. The molecule has 0 bridgehead atoms. The van der Waals surface area contributed by atoms with Crippen LogP contribution in [0.3, 0.4) is 0 Å². The van der Waals surface area contributed by atoms with E-state index in [2.05, 4.69) is 9.88 Å². The van der Waals surface area contributed by atoms with Gasteiger partial charge in [-0.15, -0.1) is 0 Å². The van der Waals surface area contributed by atoms with Gasteiger partial charge in [-0.2, -0.15) is 0 Å². The van der Waals surface area contributed by atoms with E-state index in [0.29, 0.717) is 11.8 Å². The van der Waals surface area contributed by atoms with E-state index in [-0.39, 0.29) is 5.92 Å². The molecule has 2 heterocycles. The van der Waals surface area contributed by atoms with E-state index in [0.717, 1.165) is 49.4 Å². The third-order valence-electron chi connectivity index (χ3n) is 4.71. The molecule has 1 aromatic rings. The zero-order chi connectivity index (χ0) is 13.9. The summed E-state index contributed by atoms with van der Waals surface area (Å²) in [4.78, 5) is 18.6. The van der Waals surface area contributed by atoms with E-state index in [4.69, 9.17) is 11.6 Å². The quantitative estimate of drug-likeness (QED) is 0.855. The van der Waals surface area contributed by atoms with E-state index >= 15 is 0 Å². The third kappa shape index (κ3) is 2.89. The van der Waals surface area contributed by atoms with Crippen molar-refractivity contribution in [1.82, 2.24) is 9.88 Å². The van der Waals surface area contributed by atoms with E-state index in [1.54, 1.807) is 12.4 Å². The maximum atomic E-state index is 12.1. The Kier molecular flexibility index (Phi) is 4.37. The third-order valence-corrected chi connectivity index (χ3v) is 5.05. The average Bonchev–Trinajstić information content (AvgIpc) is 2.88. The normalized spacial score (nSPS) is 27.9. The Hall–Kier alpha value is -0.930. The van der Waals surface area contributed by atoms with Gasteiger partial charge < -0.3 is 0 Å². The molecule has 3 rings (SSSR count). The molecule has 1 aliphatic carbocycles. The summed E-state index contributed by atoms with van der Waals surface area (Å²) in [5.74, 6) is 0.735. The van der Waals surface area contributed by atoms with Crippen molar-refractivity contribution in [1.29, 1.82) is 0 Å². The SMILES string of the molecule is O=C1CCCC1C1CCCCN1Cc1ccncc1Cl. The minimum atomic E-state index is 0.260. The maximum absolute atomic E-state index is 12.1. The first-order valence-electron chi connectivity index (χ1n) is 7.61. The Labute approximate surface area is 125 Å². The van der Waals surface area contributed by atoms with Crippen molar-refractivity contribution in [3.63, 3.8) is 0 Å². The first kappa shape index (κ1) is 14.0. The fourth-order valence-corrected chi connectivity index (χ4v) is 3.85. The van der Waals surface area contributed by atoms with Crippen molar-refractivity contribution >= 4 is 17.4 Å². The van der Waals surface area contributed by atoms with Gasteiger partial charge in [0.15, 0.2) is 0 Å². The lowest BCUT2D eigenvalue weighted by atomic mass is 9.88. The summed E-state index contributed by atoms with van der Waals surface area (Å²) < 4.78 is 0. The van der Waals surface area contributed by atoms with Crippen LogP contribution in [0.4, 0.5) is 0 Å². The minimum Gasteiger partial charge on any atom is -0.299 e. The molecule has 2 fully saturated rings. The molecule has 108 valence electrons. The van der Waals surface area contributed by atoms with Gasteiger partial charge in [0, 0.05) is 37.3 Å². The number of pyridine rings is 1. The Morgan fingerprint density at radius 1 is 1.30 bits per heavy atom. The lowest BCUT2D eigenvalue weighted by Gasteiger charge is -2.38. The summed E-state index contributed by atoms with van der Waals surface area (Å²) in [6.07, 6.45) is 10.0. The van der Waals surface area contributed by atoms with Gasteiger partial charge in [-0.1, -0.05) is 18.0 Å². The van der Waals surface area contributed by atoms with Gasteiger partial charge in [0.1, 0.15) is 5.78 Å².